The van der Waals surface area contributed by atoms with Crippen LogP contribution in [0.5, 0.6) is 0 Å². The number of H-pyrrole nitrogens is 1. The molecule has 0 aliphatic carbocycles. The lowest BCUT2D eigenvalue weighted by Gasteiger charge is -2.04. The highest BCUT2D eigenvalue weighted by Crippen LogP contribution is 2.18. The van der Waals surface area contributed by atoms with E-state index in [1.165, 1.54) is 0 Å². The van der Waals surface area contributed by atoms with Gasteiger partial charge in [0.25, 0.3) is 12.3 Å². The molecule has 7 nitrogen and oxygen atoms in total. The summed E-state index contributed by atoms with van der Waals surface area (Å²) >= 11 is 0. The third-order valence-electron chi connectivity index (χ3n) is 2.21. The summed E-state index contributed by atoms with van der Waals surface area (Å²) in [5.41, 5.74) is -0.307. The Morgan fingerprint density at radius 1 is 1.53 bits per heavy atom. The Labute approximate surface area is 108 Å². The average Bonchev–Trinajstić information content (AvgIpc) is 2.70. The molecule has 0 radical (unpaired) electrons. The van der Waals surface area contributed by atoms with E-state index in [2.05, 4.69) is 10.2 Å². The Morgan fingerprint density at radius 3 is 2.63 bits per heavy atom. The van der Waals surface area contributed by atoms with E-state index in [-0.39, 0.29) is 5.69 Å². The normalized spacial score (nSPS) is 11.8. The second-order valence-electron chi connectivity index (χ2n) is 3.78. The highest BCUT2D eigenvalue weighted by atomic mass is 32.2. The molecule has 19 heavy (non-hydrogen) atoms. The van der Waals surface area contributed by atoms with Crippen LogP contribution in [0, 0.1) is 0 Å². The van der Waals surface area contributed by atoms with Gasteiger partial charge in [0.15, 0.2) is 5.69 Å². The van der Waals surface area contributed by atoms with Gasteiger partial charge in [0.05, 0.1) is 12.2 Å². The summed E-state index contributed by atoms with van der Waals surface area (Å²) in [7, 11) is -4.17. The van der Waals surface area contributed by atoms with Crippen molar-refractivity contribution in [2.45, 2.75) is 31.1 Å². The minimum Gasteiger partial charge on any atom is -0.345 e. The lowest BCUT2D eigenvalue weighted by atomic mass is 10.2. The van der Waals surface area contributed by atoms with Crippen LogP contribution in [0.2, 0.25) is 0 Å². The number of halogens is 2. The molecular formula is C9H14F2N4O3S. The molecule has 0 saturated carbocycles. The maximum atomic E-state index is 12.0. The van der Waals surface area contributed by atoms with Gasteiger partial charge in [-0.2, -0.15) is 5.10 Å². The van der Waals surface area contributed by atoms with Gasteiger partial charge in [-0.15, -0.1) is 0 Å². The van der Waals surface area contributed by atoms with Crippen LogP contribution in [0.4, 0.5) is 8.78 Å². The largest absolute Gasteiger partial charge is 0.345 e. The van der Waals surface area contributed by atoms with Crippen LogP contribution in [-0.2, 0) is 16.4 Å². The number of sulfonamides is 1. The molecule has 4 N–H and O–H groups in total. The van der Waals surface area contributed by atoms with Gasteiger partial charge >= 0.3 is 0 Å². The number of hydrogen-bond acceptors (Lipinski definition) is 4. The summed E-state index contributed by atoms with van der Waals surface area (Å²) in [6, 6.07) is 0. The van der Waals surface area contributed by atoms with E-state index in [4.69, 9.17) is 5.14 Å². The first kappa shape index (κ1) is 15.5. The van der Waals surface area contributed by atoms with Crippen molar-refractivity contribution in [2.75, 3.05) is 6.54 Å². The summed E-state index contributed by atoms with van der Waals surface area (Å²) in [6.07, 6.45) is -1.82. The number of nitrogens with zero attached hydrogens (tertiary/aromatic N) is 1. The van der Waals surface area contributed by atoms with E-state index in [0.29, 0.717) is 12.8 Å². The monoisotopic (exact) mass is 296 g/mol. The van der Waals surface area contributed by atoms with E-state index < -0.39 is 39.5 Å². The summed E-state index contributed by atoms with van der Waals surface area (Å²) in [5, 5.41) is 12.8. The van der Waals surface area contributed by atoms with Gasteiger partial charge in [0, 0.05) is 0 Å². The van der Waals surface area contributed by atoms with Crippen molar-refractivity contribution < 1.29 is 22.0 Å². The molecule has 1 aromatic rings. The molecule has 1 amide bonds. The third kappa shape index (κ3) is 3.96. The Balaban J connectivity index is 3.11. The van der Waals surface area contributed by atoms with Crippen molar-refractivity contribution in [3.8, 4) is 0 Å². The highest BCUT2D eigenvalue weighted by Gasteiger charge is 2.27. The van der Waals surface area contributed by atoms with Crippen LogP contribution < -0.4 is 10.5 Å². The van der Waals surface area contributed by atoms with E-state index >= 15 is 0 Å². The summed E-state index contributed by atoms with van der Waals surface area (Å²) in [6.45, 7) is 0.906. The molecule has 1 rings (SSSR count). The molecular weight excluding hydrogens is 282 g/mol. The van der Waals surface area contributed by atoms with Gasteiger partial charge < -0.3 is 5.32 Å². The number of amides is 1. The SMILES string of the molecule is CCCc1[nH]nc(C(=O)NCC(F)F)c1S(N)(=O)=O. The number of primary sulfonamides is 1. The van der Waals surface area contributed by atoms with E-state index in [0.717, 1.165) is 0 Å². The first-order valence-electron chi connectivity index (χ1n) is 5.43. The van der Waals surface area contributed by atoms with Crippen LogP contribution >= 0.6 is 0 Å². The number of aryl methyl sites for hydroxylation is 1. The topological polar surface area (TPSA) is 118 Å². The lowest BCUT2D eigenvalue weighted by molar-refractivity contribution is 0.0883. The second kappa shape index (κ2) is 6.06. The molecule has 108 valence electrons. The molecule has 0 atom stereocenters. The second-order valence-corrected chi connectivity index (χ2v) is 5.27. The van der Waals surface area contributed by atoms with Crippen LogP contribution in [0.15, 0.2) is 4.90 Å². The van der Waals surface area contributed by atoms with E-state index in [1.807, 2.05) is 5.32 Å². The zero-order chi connectivity index (χ0) is 14.6. The number of aromatic amines is 1. The van der Waals surface area contributed by atoms with Gasteiger partial charge in [-0.3, -0.25) is 9.89 Å². The number of nitrogens with one attached hydrogen (secondary N) is 2. The molecule has 0 unspecified atom stereocenters. The van der Waals surface area contributed by atoms with Crippen molar-refractivity contribution in [1.29, 1.82) is 0 Å². The van der Waals surface area contributed by atoms with Crippen molar-refractivity contribution in [2.24, 2.45) is 5.14 Å². The third-order valence-corrected chi connectivity index (χ3v) is 3.22. The molecule has 0 bridgehead atoms. The Kier molecular flexibility index (Phi) is 4.95. The molecule has 0 saturated heterocycles. The summed E-state index contributed by atoms with van der Waals surface area (Å²) < 4.78 is 46.9. The molecule has 10 heteroatoms. The van der Waals surface area contributed by atoms with Gasteiger partial charge in [-0.05, 0) is 6.42 Å². The standard InChI is InChI=1S/C9H14F2N4O3S/c1-2-3-5-8(19(12,17)18)7(15-14-5)9(16)13-4-6(10)11/h6H,2-4H2,1H3,(H,13,16)(H,14,15)(H2,12,17,18). The van der Waals surface area contributed by atoms with Crippen molar-refractivity contribution in [3.63, 3.8) is 0 Å². The van der Waals surface area contributed by atoms with Gasteiger partial charge in [-0.1, -0.05) is 13.3 Å². The van der Waals surface area contributed by atoms with Crippen LogP contribution in [-0.4, -0.2) is 37.5 Å². The predicted molar refractivity (Wildman–Crippen MR) is 62.3 cm³/mol. The Bertz CT molecular complexity index is 556. The molecule has 1 aromatic heterocycles. The van der Waals surface area contributed by atoms with Crippen LogP contribution in [0.3, 0.4) is 0 Å². The number of aromatic nitrogens is 2. The minimum absolute atomic E-state index is 0.187. The first-order valence-corrected chi connectivity index (χ1v) is 6.98. The van der Waals surface area contributed by atoms with Gasteiger partial charge in [0.2, 0.25) is 10.0 Å². The first-order chi connectivity index (χ1) is 8.77. The molecule has 0 aliphatic heterocycles. The van der Waals surface area contributed by atoms with E-state index in [9.17, 15) is 22.0 Å². The smallest absolute Gasteiger partial charge is 0.273 e. The maximum Gasteiger partial charge on any atom is 0.273 e. The summed E-state index contributed by atoms with van der Waals surface area (Å²) in [5.74, 6) is -1.01. The lowest BCUT2D eigenvalue weighted by Crippen LogP contribution is -2.30. The van der Waals surface area contributed by atoms with E-state index in [1.54, 1.807) is 6.92 Å². The highest BCUT2D eigenvalue weighted by molar-refractivity contribution is 7.89. The van der Waals surface area contributed by atoms with Crippen LogP contribution in [0.25, 0.3) is 0 Å². The molecule has 0 aliphatic rings. The minimum atomic E-state index is -4.17. The maximum absolute atomic E-state index is 12.0. The quantitative estimate of drug-likeness (QED) is 0.685. The zero-order valence-corrected chi connectivity index (χ0v) is 10.9. The average molecular weight is 296 g/mol. The number of carbonyl (C=O) groups is 1. The number of rotatable bonds is 6. The molecule has 0 aromatic carbocycles. The summed E-state index contributed by atoms with van der Waals surface area (Å²) in [4.78, 5) is 11.1. The van der Waals surface area contributed by atoms with Crippen molar-refractivity contribution in [1.82, 2.24) is 15.5 Å². The number of nitrogens with two attached hydrogens (primary N) is 1. The van der Waals surface area contributed by atoms with Crippen molar-refractivity contribution in [3.05, 3.63) is 11.4 Å². The fraction of sp³-hybridized carbons (Fsp3) is 0.556. The van der Waals surface area contributed by atoms with Gasteiger partial charge in [-0.25, -0.2) is 22.3 Å². The molecule has 0 spiro atoms. The number of hydrogen-bond donors (Lipinski definition) is 3. The predicted octanol–water partition coefficient (Wildman–Crippen LogP) is 0.00450. The Hall–Kier alpha value is -1.55. The molecule has 0 fully saturated rings. The van der Waals surface area contributed by atoms with Gasteiger partial charge in [0.1, 0.15) is 4.90 Å². The molecule has 1 heterocycles. The zero-order valence-electron chi connectivity index (χ0n) is 10.1. The fourth-order valence-corrected chi connectivity index (χ4v) is 2.40. The Morgan fingerprint density at radius 2 is 2.16 bits per heavy atom. The van der Waals surface area contributed by atoms with Crippen molar-refractivity contribution >= 4 is 15.9 Å². The van der Waals surface area contributed by atoms with Crippen LogP contribution in [0.1, 0.15) is 29.5 Å². The number of carbonyl (C=O) groups excluding carboxylic acids is 1. The number of alkyl halides is 2. The fourth-order valence-electron chi connectivity index (χ4n) is 1.50.